The van der Waals surface area contributed by atoms with Crippen LogP contribution in [0.5, 0.6) is 5.75 Å². The molecule has 0 atom stereocenters. The van der Waals surface area contributed by atoms with Crippen LogP contribution in [-0.2, 0) is 17.8 Å². The normalized spacial score (nSPS) is 11.6. The summed E-state index contributed by atoms with van der Waals surface area (Å²) in [5.74, 6) is 1.50. The predicted molar refractivity (Wildman–Crippen MR) is 91.2 cm³/mol. The van der Waals surface area contributed by atoms with Crippen LogP contribution >= 0.6 is 0 Å². The highest BCUT2D eigenvalue weighted by Crippen LogP contribution is 2.22. The lowest BCUT2D eigenvalue weighted by Gasteiger charge is -2.08. The van der Waals surface area contributed by atoms with Crippen molar-refractivity contribution in [3.63, 3.8) is 0 Å². The van der Waals surface area contributed by atoms with E-state index in [0.29, 0.717) is 29.3 Å². The maximum Gasteiger partial charge on any atom is 0.411 e. The molecule has 142 valence electrons. The zero-order valence-corrected chi connectivity index (χ0v) is 14.5. The predicted octanol–water partition coefficient (Wildman–Crippen LogP) is 4.41. The van der Waals surface area contributed by atoms with Gasteiger partial charge < -0.3 is 13.9 Å². The maximum atomic E-state index is 12.2. The molecule has 0 fully saturated rings. The van der Waals surface area contributed by atoms with Gasteiger partial charge in [0.05, 0.1) is 20.1 Å². The third-order valence-corrected chi connectivity index (χ3v) is 3.69. The molecule has 3 aromatic rings. The molecule has 0 bridgehead atoms. The van der Waals surface area contributed by atoms with Crippen LogP contribution in [0.4, 0.5) is 13.2 Å². The summed E-state index contributed by atoms with van der Waals surface area (Å²) >= 11 is 0. The molecule has 3 rings (SSSR count). The van der Waals surface area contributed by atoms with Crippen LogP contribution in [-0.4, -0.2) is 30.1 Å². The van der Waals surface area contributed by atoms with Crippen LogP contribution < -0.4 is 4.74 Å². The minimum atomic E-state index is -4.35. The molecule has 8 heteroatoms. The number of alkyl halides is 3. The van der Waals surface area contributed by atoms with Gasteiger partial charge >= 0.3 is 6.18 Å². The van der Waals surface area contributed by atoms with E-state index in [4.69, 9.17) is 9.15 Å². The number of hydrogen-bond acceptors (Lipinski definition) is 5. The summed E-state index contributed by atoms with van der Waals surface area (Å²) in [6, 6.07) is 14.3. The second-order valence-electron chi connectivity index (χ2n) is 5.83. The van der Waals surface area contributed by atoms with Crippen molar-refractivity contribution in [1.82, 2.24) is 10.2 Å². The average molecular weight is 378 g/mol. The Morgan fingerprint density at radius 3 is 2.48 bits per heavy atom. The first kappa shape index (κ1) is 18.9. The highest BCUT2D eigenvalue weighted by molar-refractivity contribution is 5.53. The molecule has 0 aliphatic rings. The Hall–Kier alpha value is -2.87. The van der Waals surface area contributed by atoms with Gasteiger partial charge in [-0.1, -0.05) is 24.3 Å². The van der Waals surface area contributed by atoms with Crippen molar-refractivity contribution >= 4 is 0 Å². The largest absolute Gasteiger partial charge is 0.497 e. The van der Waals surface area contributed by atoms with Crippen molar-refractivity contribution < 1.29 is 27.1 Å². The number of benzene rings is 2. The Balaban J connectivity index is 1.65. The molecule has 0 saturated heterocycles. The van der Waals surface area contributed by atoms with E-state index in [-0.39, 0.29) is 6.61 Å². The third-order valence-electron chi connectivity index (χ3n) is 3.69. The standard InChI is InChI=1S/C19H17F3N2O3/c1-25-16-7-5-13(6-8-16)10-17-23-24-18(27-17)15-4-2-3-14(9-15)11-26-12-19(20,21)22/h2-9H,10-12H2,1H3. The van der Waals surface area contributed by atoms with Gasteiger partial charge in [0, 0.05) is 5.56 Å². The Morgan fingerprint density at radius 2 is 1.78 bits per heavy atom. The number of ether oxygens (including phenoxy) is 2. The highest BCUT2D eigenvalue weighted by atomic mass is 19.4. The molecule has 0 saturated carbocycles. The third kappa shape index (κ3) is 5.55. The van der Waals surface area contributed by atoms with E-state index in [1.165, 1.54) is 0 Å². The monoisotopic (exact) mass is 378 g/mol. The number of halogens is 3. The quantitative estimate of drug-likeness (QED) is 0.609. The Labute approximate surface area is 153 Å². The first-order valence-electron chi connectivity index (χ1n) is 8.12. The molecule has 0 aliphatic heterocycles. The van der Waals surface area contributed by atoms with Gasteiger partial charge in [-0.25, -0.2) is 0 Å². The Kier molecular flexibility index (Phi) is 5.75. The van der Waals surface area contributed by atoms with Crippen molar-refractivity contribution in [3.05, 3.63) is 65.5 Å². The summed E-state index contributed by atoms with van der Waals surface area (Å²) in [5.41, 5.74) is 2.20. The van der Waals surface area contributed by atoms with Gasteiger partial charge in [-0.2, -0.15) is 13.2 Å². The number of nitrogens with zero attached hydrogens (tertiary/aromatic N) is 2. The highest BCUT2D eigenvalue weighted by Gasteiger charge is 2.27. The van der Waals surface area contributed by atoms with Crippen LogP contribution in [0.3, 0.4) is 0 Å². The molecule has 2 aromatic carbocycles. The lowest BCUT2D eigenvalue weighted by molar-refractivity contribution is -0.176. The van der Waals surface area contributed by atoms with E-state index in [0.717, 1.165) is 11.3 Å². The zero-order chi connectivity index (χ0) is 19.3. The topological polar surface area (TPSA) is 57.4 Å². The lowest BCUT2D eigenvalue weighted by atomic mass is 10.1. The van der Waals surface area contributed by atoms with E-state index in [1.54, 1.807) is 31.4 Å². The Morgan fingerprint density at radius 1 is 1.00 bits per heavy atom. The van der Waals surface area contributed by atoms with Crippen LogP contribution in [0.1, 0.15) is 17.0 Å². The van der Waals surface area contributed by atoms with Crippen molar-refractivity contribution in [1.29, 1.82) is 0 Å². The number of rotatable bonds is 7. The molecule has 5 nitrogen and oxygen atoms in total. The van der Waals surface area contributed by atoms with Crippen LogP contribution in [0.25, 0.3) is 11.5 Å². The minimum Gasteiger partial charge on any atom is -0.497 e. The van der Waals surface area contributed by atoms with Gasteiger partial charge in [0.1, 0.15) is 12.4 Å². The SMILES string of the molecule is COc1ccc(Cc2nnc(-c3cccc(COCC(F)(F)F)c3)o2)cc1. The summed E-state index contributed by atoms with van der Waals surface area (Å²) in [6.45, 7) is -1.44. The molecule has 0 radical (unpaired) electrons. The molecule has 0 unspecified atom stereocenters. The fourth-order valence-electron chi connectivity index (χ4n) is 2.44. The molecule has 27 heavy (non-hydrogen) atoms. The van der Waals surface area contributed by atoms with Gasteiger partial charge in [0.2, 0.25) is 11.8 Å². The fraction of sp³-hybridized carbons (Fsp3) is 0.263. The second-order valence-corrected chi connectivity index (χ2v) is 5.83. The summed E-state index contributed by atoms with van der Waals surface area (Å²) in [6.07, 6.45) is -3.88. The lowest BCUT2D eigenvalue weighted by Crippen LogP contribution is -2.16. The number of methoxy groups -OCH3 is 1. The molecular weight excluding hydrogens is 361 g/mol. The average Bonchev–Trinajstić information content (AvgIpc) is 3.10. The first-order valence-corrected chi connectivity index (χ1v) is 8.12. The van der Waals surface area contributed by atoms with E-state index in [9.17, 15) is 13.2 Å². The first-order chi connectivity index (χ1) is 12.9. The van der Waals surface area contributed by atoms with Gasteiger partial charge in [0.25, 0.3) is 0 Å². The van der Waals surface area contributed by atoms with Gasteiger partial charge in [-0.05, 0) is 35.4 Å². The van der Waals surface area contributed by atoms with E-state index in [2.05, 4.69) is 14.9 Å². The fourth-order valence-corrected chi connectivity index (χ4v) is 2.44. The molecule has 0 spiro atoms. The van der Waals surface area contributed by atoms with Crippen LogP contribution in [0, 0.1) is 0 Å². The summed E-state index contributed by atoms with van der Waals surface area (Å²) in [4.78, 5) is 0. The molecular formula is C19H17F3N2O3. The Bertz CT molecular complexity index is 876. The van der Waals surface area contributed by atoms with Crippen molar-refractivity contribution in [2.24, 2.45) is 0 Å². The number of hydrogen-bond donors (Lipinski definition) is 0. The smallest absolute Gasteiger partial charge is 0.411 e. The summed E-state index contributed by atoms with van der Waals surface area (Å²) in [5, 5.41) is 8.04. The molecule has 0 amide bonds. The summed E-state index contributed by atoms with van der Waals surface area (Å²) in [7, 11) is 1.60. The van der Waals surface area contributed by atoms with Gasteiger partial charge in [0.15, 0.2) is 0 Å². The van der Waals surface area contributed by atoms with E-state index < -0.39 is 12.8 Å². The molecule has 1 aromatic heterocycles. The van der Waals surface area contributed by atoms with Gasteiger partial charge in [-0.15, -0.1) is 10.2 Å². The second kappa shape index (κ2) is 8.22. The van der Waals surface area contributed by atoms with Crippen LogP contribution in [0.15, 0.2) is 52.9 Å². The molecule has 0 N–H and O–H groups in total. The zero-order valence-electron chi connectivity index (χ0n) is 14.5. The van der Waals surface area contributed by atoms with Crippen molar-refractivity contribution in [2.75, 3.05) is 13.7 Å². The van der Waals surface area contributed by atoms with Crippen LogP contribution in [0.2, 0.25) is 0 Å². The van der Waals surface area contributed by atoms with Crippen molar-refractivity contribution in [3.8, 4) is 17.2 Å². The summed E-state index contributed by atoms with van der Waals surface area (Å²) < 4.78 is 51.9. The minimum absolute atomic E-state index is 0.153. The van der Waals surface area contributed by atoms with Gasteiger partial charge in [-0.3, -0.25) is 0 Å². The van der Waals surface area contributed by atoms with E-state index >= 15 is 0 Å². The number of aromatic nitrogens is 2. The molecule has 0 aliphatic carbocycles. The van der Waals surface area contributed by atoms with Crippen molar-refractivity contribution in [2.45, 2.75) is 19.2 Å². The maximum absolute atomic E-state index is 12.2. The molecule has 1 heterocycles. The van der Waals surface area contributed by atoms with E-state index in [1.807, 2.05) is 24.3 Å².